The number of rotatable bonds is 14. The molecular formula is C47H54N6O11. The summed E-state index contributed by atoms with van der Waals surface area (Å²) < 4.78 is 13.3. The van der Waals surface area contributed by atoms with Crippen LogP contribution in [0.25, 0.3) is 0 Å². The summed E-state index contributed by atoms with van der Waals surface area (Å²) in [6.07, 6.45) is 8.94. The van der Waals surface area contributed by atoms with Crippen LogP contribution in [0.2, 0.25) is 0 Å². The van der Waals surface area contributed by atoms with Crippen molar-refractivity contribution in [3.63, 3.8) is 0 Å². The van der Waals surface area contributed by atoms with Gasteiger partial charge in [0, 0.05) is 65.9 Å². The highest BCUT2D eigenvalue weighted by atomic mass is 16.7. The first-order valence-electron chi connectivity index (χ1n) is 21.8. The molecule has 0 radical (unpaired) electrons. The van der Waals surface area contributed by atoms with E-state index < -0.39 is 88.9 Å². The van der Waals surface area contributed by atoms with E-state index in [1.165, 1.54) is 13.8 Å². The first kappa shape index (κ1) is 44.7. The molecular weight excluding hydrogens is 825 g/mol. The molecule has 11 atom stereocenters. The van der Waals surface area contributed by atoms with Gasteiger partial charge in [-0.2, -0.15) is 0 Å². The number of nitrogens with one attached hydrogen (secondary N) is 4. The van der Waals surface area contributed by atoms with Crippen LogP contribution in [0, 0.1) is 28.6 Å². The number of anilines is 2. The van der Waals surface area contributed by atoms with Gasteiger partial charge in [0.2, 0.25) is 17.7 Å². The number of aliphatic hydroxyl groups is 2. The SMILES string of the molecule is C[C@H](NC(=O)CCN1C(=O)C=CC1=O)C(=O)N[C@@H](C)C(=O)Nc1ccc(CNc2ccc([C@@H]3O[C@@H]4C[C@H]5[C@@H]6CCC7=CC(=O)C=C[C@]7(C)C6[C@@H](O)C[C@]5(C)[C@]4(C(=O)CO)O3)cn2)cc1. The fourth-order valence-electron chi connectivity index (χ4n) is 11.3. The largest absolute Gasteiger partial charge is 0.393 e. The number of aromatic nitrogens is 1. The molecule has 8 rings (SSSR count). The smallest absolute Gasteiger partial charge is 0.253 e. The number of pyridine rings is 1. The minimum absolute atomic E-state index is 0.0183. The van der Waals surface area contributed by atoms with Crippen LogP contribution in [0.1, 0.15) is 77.2 Å². The lowest BCUT2D eigenvalue weighted by atomic mass is 9.46. The third-order valence-corrected chi connectivity index (χ3v) is 14.5. The van der Waals surface area contributed by atoms with E-state index in [0.717, 1.165) is 41.0 Å². The molecule has 3 saturated carbocycles. The van der Waals surface area contributed by atoms with Gasteiger partial charge in [-0.3, -0.25) is 38.5 Å². The van der Waals surface area contributed by atoms with Gasteiger partial charge < -0.3 is 41.0 Å². The van der Waals surface area contributed by atoms with Crippen LogP contribution in [0.15, 0.2) is 78.5 Å². The molecule has 2 aromatic rings. The number of carbonyl (C=O) groups excluding carboxylic acids is 7. The van der Waals surface area contributed by atoms with Crippen LogP contribution < -0.4 is 21.3 Å². The second-order valence-electron chi connectivity index (χ2n) is 18.3. The van der Waals surface area contributed by atoms with Crippen molar-refractivity contribution in [3.05, 3.63) is 89.7 Å². The van der Waals surface area contributed by atoms with Crippen molar-refractivity contribution in [2.75, 3.05) is 23.8 Å². The van der Waals surface area contributed by atoms with E-state index in [4.69, 9.17) is 9.47 Å². The number of fused-ring (bicyclic) bond motifs is 7. The zero-order chi connectivity index (χ0) is 45.7. The Morgan fingerprint density at radius 1 is 0.953 bits per heavy atom. The summed E-state index contributed by atoms with van der Waals surface area (Å²) in [6.45, 7) is 6.62. The van der Waals surface area contributed by atoms with E-state index >= 15 is 0 Å². The fourth-order valence-corrected chi connectivity index (χ4v) is 11.3. The van der Waals surface area contributed by atoms with Crippen molar-refractivity contribution in [1.82, 2.24) is 20.5 Å². The summed E-state index contributed by atoms with van der Waals surface area (Å²) in [5.74, 6) is -2.63. The summed E-state index contributed by atoms with van der Waals surface area (Å²) in [4.78, 5) is 92.9. The maximum Gasteiger partial charge on any atom is 0.253 e. The van der Waals surface area contributed by atoms with Gasteiger partial charge in [-0.1, -0.05) is 37.6 Å². The van der Waals surface area contributed by atoms with Crippen molar-refractivity contribution in [2.45, 2.75) is 103 Å². The second-order valence-corrected chi connectivity index (χ2v) is 18.3. The molecule has 6 N–H and O–H groups in total. The van der Waals surface area contributed by atoms with Crippen molar-refractivity contribution >= 4 is 52.6 Å². The molecule has 6 aliphatic rings. The molecule has 4 aliphatic carbocycles. The molecule has 64 heavy (non-hydrogen) atoms. The average Bonchev–Trinajstić information content (AvgIpc) is 3.90. The van der Waals surface area contributed by atoms with E-state index in [2.05, 4.69) is 33.2 Å². The first-order chi connectivity index (χ1) is 30.5. The summed E-state index contributed by atoms with van der Waals surface area (Å²) in [5.41, 5.74) is 0.277. The Morgan fingerprint density at radius 3 is 2.36 bits per heavy atom. The lowest BCUT2D eigenvalue weighted by Crippen LogP contribution is -2.63. The molecule has 4 fully saturated rings. The number of carbonyl (C=O) groups is 7. The van der Waals surface area contributed by atoms with Gasteiger partial charge in [0.1, 0.15) is 24.5 Å². The third kappa shape index (κ3) is 7.88. The molecule has 0 bridgehead atoms. The van der Waals surface area contributed by atoms with E-state index in [1.54, 1.807) is 36.5 Å². The second kappa shape index (κ2) is 17.3. The van der Waals surface area contributed by atoms with Gasteiger partial charge in [0.25, 0.3) is 11.8 Å². The van der Waals surface area contributed by atoms with Crippen LogP contribution >= 0.6 is 0 Å². The number of aliphatic hydroxyl groups excluding tert-OH is 2. The predicted octanol–water partition coefficient (Wildman–Crippen LogP) is 2.56. The van der Waals surface area contributed by atoms with Crippen molar-refractivity contribution in [1.29, 1.82) is 0 Å². The first-order valence-corrected chi connectivity index (χ1v) is 21.8. The Bertz CT molecular complexity index is 2330. The number of ether oxygens (including phenoxy) is 2. The molecule has 5 amide bonds. The van der Waals surface area contributed by atoms with E-state index in [1.807, 2.05) is 31.2 Å². The normalized spacial score (nSPS) is 32.1. The Balaban J connectivity index is 0.825. The molecule has 1 saturated heterocycles. The summed E-state index contributed by atoms with van der Waals surface area (Å²) in [5, 5.41) is 33.3. The summed E-state index contributed by atoms with van der Waals surface area (Å²) in [6, 6.07) is 8.76. The Labute approximate surface area is 370 Å². The molecule has 338 valence electrons. The van der Waals surface area contributed by atoms with Crippen molar-refractivity contribution < 1.29 is 53.2 Å². The van der Waals surface area contributed by atoms with Crippen LogP contribution in [0.4, 0.5) is 11.5 Å². The number of Topliss-reactive ketones (excluding diaryl/α,β-unsaturated/α-hetero) is 1. The molecule has 17 nitrogen and oxygen atoms in total. The van der Waals surface area contributed by atoms with Gasteiger partial charge in [-0.05, 0) is 93.3 Å². The number of hydrogen-bond donors (Lipinski definition) is 6. The minimum atomic E-state index is -1.47. The average molecular weight is 879 g/mol. The monoisotopic (exact) mass is 878 g/mol. The zero-order valence-corrected chi connectivity index (χ0v) is 36.2. The highest BCUT2D eigenvalue weighted by Gasteiger charge is 2.76. The number of nitrogens with zero attached hydrogens (tertiary/aromatic N) is 2. The minimum Gasteiger partial charge on any atom is -0.393 e. The van der Waals surface area contributed by atoms with Crippen LogP contribution in [-0.4, -0.2) is 104 Å². The number of amides is 5. The zero-order valence-electron chi connectivity index (χ0n) is 36.2. The van der Waals surface area contributed by atoms with Crippen LogP contribution in [0.3, 0.4) is 0 Å². The van der Waals surface area contributed by atoms with Crippen LogP contribution in [0.5, 0.6) is 0 Å². The third-order valence-electron chi connectivity index (χ3n) is 14.5. The van der Waals surface area contributed by atoms with Gasteiger partial charge in [0.05, 0.1) is 12.2 Å². The summed E-state index contributed by atoms with van der Waals surface area (Å²) in [7, 11) is 0. The molecule has 1 aromatic carbocycles. The standard InChI is InChI=1S/C47H54N6O11/c1-25(50-38(58)16-18-53-39(59)13-14-40(53)60)42(61)51-26(2)43(62)52-30-9-5-27(6-10-30)22-48-37-12-7-28(23-49-37)44-63-36-20-33-32-11-8-29-19-31(55)15-17-45(29,3)41(32)34(56)21-46(33,4)47(36,64-44)35(57)24-54/h5-7,9-10,12-15,17,19,23,25-26,32-34,36,41,44,54,56H,8,11,16,18,20-22,24H2,1-4H3,(H,48,49)(H,50,58)(H,51,61)(H,52,62)/t25-,26-,32-,33-,34-,36+,41?,44+,45-,46-,47+/m0/s1. The van der Waals surface area contributed by atoms with Crippen LogP contribution in [-0.2, 0) is 49.6 Å². The van der Waals surface area contributed by atoms with Gasteiger partial charge >= 0.3 is 0 Å². The molecule has 1 unspecified atom stereocenters. The molecule has 2 aliphatic heterocycles. The Kier molecular flexibility index (Phi) is 12.1. The lowest BCUT2D eigenvalue weighted by molar-refractivity contribution is -0.201. The van der Waals surface area contributed by atoms with Crippen molar-refractivity contribution in [2.24, 2.45) is 28.6 Å². The summed E-state index contributed by atoms with van der Waals surface area (Å²) >= 11 is 0. The maximum atomic E-state index is 13.9. The van der Waals surface area contributed by atoms with Gasteiger partial charge in [0.15, 0.2) is 23.5 Å². The van der Waals surface area contributed by atoms with Crippen molar-refractivity contribution in [3.8, 4) is 0 Å². The quantitative estimate of drug-likeness (QED) is 0.150. The maximum absolute atomic E-state index is 13.9. The number of ketones is 2. The Hall–Kier alpha value is -5.88. The number of hydrogen-bond acceptors (Lipinski definition) is 13. The van der Waals surface area contributed by atoms with E-state index in [9.17, 15) is 43.8 Å². The highest BCUT2D eigenvalue weighted by molar-refractivity contribution is 6.13. The number of imide groups is 1. The van der Waals surface area contributed by atoms with Gasteiger partial charge in [-0.25, -0.2) is 4.98 Å². The molecule has 3 heterocycles. The van der Waals surface area contributed by atoms with E-state index in [-0.39, 0.29) is 42.9 Å². The Morgan fingerprint density at radius 2 is 1.67 bits per heavy atom. The molecule has 17 heteroatoms. The fraction of sp³-hybridized carbons (Fsp3) is 0.489. The topological polar surface area (TPSA) is 243 Å². The molecule has 1 aromatic heterocycles. The lowest BCUT2D eigenvalue weighted by Gasteiger charge is -2.59. The highest BCUT2D eigenvalue weighted by Crippen LogP contribution is 2.70. The number of benzene rings is 1. The van der Waals surface area contributed by atoms with E-state index in [0.29, 0.717) is 30.0 Å². The molecule has 0 spiro atoms. The number of allylic oxidation sites excluding steroid dienone is 4. The predicted molar refractivity (Wildman–Crippen MR) is 229 cm³/mol. The van der Waals surface area contributed by atoms with Gasteiger partial charge in [-0.15, -0.1) is 0 Å².